The van der Waals surface area contributed by atoms with E-state index in [1.54, 1.807) is 11.1 Å². The van der Waals surface area contributed by atoms with Gasteiger partial charge in [-0.3, -0.25) is 5.32 Å². The summed E-state index contributed by atoms with van der Waals surface area (Å²) in [7, 11) is 1.88. The molecule has 138 valence electrons. The zero-order chi connectivity index (χ0) is 17.9. The number of amides is 2. The summed E-state index contributed by atoms with van der Waals surface area (Å²) in [4.78, 5) is 16.8. The number of nitrogens with zero attached hydrogens (tertiary/aromatic N) is 4. The minimum Gasteiger partial charge on any atom is -0.371 e. The van der Waals surface area contributed by atoms with Gasteiger partial charge in [-0.1, -0.05) is 18.2 Å². The van der Waals surface area contributed by atoms with Gasteiger partial charge >= 0.3 is 6.03 Å². The molecule has 2 aromatic rings. The second-order valence-corrected chi connectivity index (χ2v) is 7.59. The maximum absolute atomic E-state index is 12.6. The SMILES string of the molecule is CN(C[C@H]1CCN(c2ccccc2)C1)C(=O)Nc1ccnn1CC1CC1. The van der Waals surface area contributed by atoms with E-state index in [1.165, 1.54) is 18.5 Å². The van der Waals surface area contributed by atoms with Crippen molar-refractivity contribution >= 4 is 17.5 Å². The summed E-state index contributed by atoms with van der Waals surface area (Å²) in [6.45, 7) is 3.73. The number of anilines is 2. The first-order valence-corrected chi connectivity index (χ1v) is 9.53. The molecule has 1 atom stereocenters. The van der Waals surface area contributed by atoms with E-state index in [-0.39, 0.29) is 6.03 Å². The summed E-state index contributed by atoms with van der Waals surface area (Å²) in [5.41, 5.74) is 1.27. The molecule has 6 nitrogen and oxygen atoms in total. The zero-order valence-corrected chi connectivity index (χ0v) is 15.3. The van der Waals surface area contributed by atoms with Crippen LogP contribution in [0.5, 0.6) is 0 Å². The van der Waals surface area contributed by atoms with Crippen molar-refractivity contribution in [1.29, 1.82) is 0 Å². The van der Waals surface area contributed by atoms with Crippen LogP contribution in [0.3, 0.4) is 0 Å². The van der Waals surface area contributed by atoms with Gasteiger partial charge in [-0.15, -0.1) is 0 Å². The third kappa shape index (κ3) is 4.00. The number of aromatic nitrogens is 2. The summed E-state index contributed by atoms with van der Waals surface area (Å²) < 4.78 is 1.91. The topological polar surface area (TPSA) is 53.4 Å². The molecule has 2 amide bonds. The zero-order valence-electron chi connectivity index (χ0n) is 15.3. The minimum absolute atomic E-state index is 0.0549. The van der Waals surface area contributed by atoms with Gasteiger partial charge in [-0.2, -0.15) is 5.10 Å². The first-order chi connectivity index (χ1) is 12.7. The van der Waals surface area contributed by atoms with Gasteiger partial charge in [-0.25, -0.2) is 9.48 Å². The van der Waals surface area contributed by atoms with Crippen LogP contribution in [0.2, 0.25) is 0 Å². The van der Waals surface area contributed by atoms with Crippen molar-refractivity contribution in [1.82, 2.24) is 14.7 Å². The predicted molar refractivity (Wildman–Crippen MR) is 103 cm³/mol. The molecule has 26 heavy (non-hydrogen) atoms. The lowest BCUT2D eigenvalue weighted by molar-refractivity contribution is 0.215. The van der Waals surface area contributed by atoms with Gasteiger partial charge in [0, 0.05) is 45.0 Å². The Hall–Kier alpha value is -2.50. The summed E-state index contributed by atoms with van der Waals surface area (Å²) in [6, 6.07) is 12.3. The van der Waals surface area contributed by atoms with Crippen molar-refractivity contribution in [3.63, 3.8) is 0 Å². The highest BCUT2D eigenvalue weighted by Gasteiger charge is 2.26. The highest BCUT2D eigenvalue weighted by Crippen LogP contribution is 2.31. The molecular formula is C20H27N5O. The van der Waals surface area contributed by atoms with Crippen molar-refractivity contribution in [3.8, 4) is 0 Å². The molecule has 1 saturated carbocycles. The molecular weight excluding hydrogens is 326 g/mol. The molecule has 0 unspecified atom stereocenters. The lowest BCUT2D eigenvalue weighted by atomic mass is 10.1. The number of urea groups is 1. The number of benzene rings is 1. The van der Waals surface area contributed by atoms with E-state index in [4.69, 9.17) is 0 Å². The van der Waals surface area contributed by atoms with Crippen molar-refractivity contribution in [2.45, 2.75) is 25.8 Å². The molecule has 1 aliphatic heterocycles. The van der Waals surface area contributed by atoms with Gasteiger partial charge in [-0.05, 0) is 43.2 Å². The van der Waals surface area contributed by atoms with Crippen LogP contribution in [-0.2, 0) is 6.54 Å². The third-order valence-corrected chi connectivity index (χ3v) is 5.37. The normalized spacial score (nSPS) is 19.6. The Morgan fingerprint density at radius 2 is 2.00 bits per heavy atom. The molecule has 1 N–H and O–H groups in total. The Bertz CT molecular complexity index is 740. The predicted octanol–water partition coefficient (Wildman–Crippen LogP) is 3.28. The lowest BCUT2D eigenvalue weighted by Gasteiger charge is -2.23. The molecule has 2 aliphatic rings. The molecule has 2 heterocycles. The quantitative estimate of drug-likeness (QED) is 0.867. The van der Waals surface area contributed by atoms with E-state index in [2.05, 4.69) is 39.6 Å². The van der Waals surface area contributed by atoms with E-state index >= 15 is 0 Å². The van der Waals surface area contributed by atoms with Crippen LogP contribution < -0.4 is 10.2 Å². The fourth-order valence-corrected chi connectivity index (χ4v) is 3.66. The molecule has 0 spiro atoms. The largest absolute Gasteiger partial charge is 0.371 e. The standard InChI is InChI=1S/C20H27N5O/c1-23(13-17-10-12-24(14-17)18-5-3-2-4-6-18)20(26)22-19-9-11-21-25(19)15-16-7-8-16/h2-6,9,11,16-17H,7-8,10,12-15H2,1H3,(H,22,26)/t17-/m1/s1. The van der Waals surface area contributed by atoms with E-state index in [9.17, 15) is 4.79 Å². The van der Waals surface area contributed by atoms with Crippen molar-refractivity contribution < 1.29 is 4.79 Å². The fraction of sp³-hybridized carbons (Fsp3) is 0.500. The number of rotatable bonds is 6. The maximum atomic E-state index is 12.6. The van der Waals surface area contributed by atoms with Crippen LogP contribution in [0.4, 0.5) is 16.3 Å². The van der Waals surface area contributed by atoms with E-state index in [0.29, 0.717) is 5.92 Å². The molecule has 0 bridgehead atoms. The second kappa shape index (κ2) is 7.40. The minimum atomic E-state index is -0.0549. The summed E-state index contributed by atoms with van der Waals surface area (Å²) in [5, 5.41) is 7.35. The van der Waals surface area contributed by atoms with Crippen LogP contribution in [0.25, 0.3) is 0 Å². The first kappa shape index (κ1) is 16.9. The average molecular weight is 353 g/mol. The molecule has 4 rings (SSSR count). The van der Waals surface area contributed by atoms with Crippen LogP contribution in [-0.4, -0.2) is 47.4 Å². The number of hydrogen-bond acceptors (Lipinski definition) is 3. The van der Waals surface area contributed by atoms with E-state index in [1.807, 2.05) is 23.9 Å². The Morgan fingerprint density at radius 3 is 2.77 bits per heavy atom. The molecule has 1 saturated heterocycles. The van der Waals surface area contributed by atoms with Gasteiger partial charge in [0.1, 0.15) is 5.82 Å². The molecule has 1 aromatic carbocycles. The molecule has 0 radical (unpaired) electrons. The number of carbonyl (C=O) groups is 1. The molecule has 6 heteroatoms. The Balaban J connectivity index is 1.29. The third-order valence-electron chi connectivity index (χ3n) is 5.37. The summed E-state index contributed by atoms with van der Waals surface area (Å²) in [6.07, 6.45) is 5.41. The smallest absolute Gasteiger partial charge is 0.322 e. The van der Waals surface area contributed by atoms with Crippen LogP contribution in [0.1, 0.15) is 19.3 Å². The van der Waals surface area contributed by atoms with Crippen molar-refractivity contribution in [3.05, 3.63) is 42.6 Å². The number of hydrogen-bond donors (Lipinski definition) is 1. The number of para-hydroxylation sites is 1. The molecule has 1 aromatic heterocycles. The maximum Gasteiger partial charge on any atom is 0.322 e. The summed E-state index contributed by atoms with van der Waals surface area (Å²) in [5.74, 6) is 2.03. The number of nitrogens with one attached hydrogen (secondary N) is 1. The van der Waals surface area contributed by atoms with Gasteiger partial charge in [0.25, 0.3) is 0 Å². The highest BCUT2D eigenvalue weighted by atomic mass is 16.2. The Labute approximate surface area is 154 Å². The van der Waals surface area contributed by atoms with Crippen LogP contribution >= 0.6 is 0 Å². The van der Waals surface area contributed by atoms with Crippen LogP contribution in [0, 0.1) is 11.8 Å². The van der Waals surface area contributed by atoms with Gasteiger partial charge in [0.2, 0.25) is 0 Å². The molecule has 2 fully saturated rings. The monoisotopic (exact) mass is 353 g/mol. The second-order valence-electron chi connectivity index (χ2n) is 7.59. The van der Waals surface area contributed by atoms with Crippen LogP contribution in [0.15, 0.2) is 42.6 Å². The van der Waals surface area contributed by atoms with Gasteiger partial charge in [0.15, 0.2) is 0 Å². The molecule has 1 aliphatic carbocycles. The van der Waals surface area contributed by atoms with Crippen molar-refractivity contribution in [2.24, 2.45) is 11.8 Å². The number of carbonyl (C=O) groups excluding carboxylic acids is 1. The first-order valence-electron chi connectivity index (χ1n) is 9.53. The van der Waals surface area contributed by atoms with E-state index < -0.39 is 0 Å². The average Bonchev–Trinajstić information content (AvgIpc) is 3.17. The van der Waals surface area contributed by atoms with Gasteiger partial charge < -0.3 is 9.80 Å². The fourth-order valence-electron chi connectivity index (χ4n) is 3.66. The lowest BCUT2D eigenvalue weighted by Crippen LogP contribution is -2.36. The Kier molecular flexibility index (Phi) is 4.82. The summed E-state index contributed by atoms with van der Waals surface area (Å²) >= 11 is 0. The van der Waals surface area contributed by atoms with Gasteiger partial charge in [0.05, 0.1) is 6.20 Å². The van der Waals surface area contributed by atoms with Crippen molar-refractivity contribution in [2.75, 3.05) is 36.9 Å². The highest BCUT2D eigenvalue weighted by molar-refractivity contribution is 5.88. The van der Waals surface area contributed by atoms with E-state index in [0.717, 1.165) is 44.3 Å². The Morgan fingerprint density at radius 1 is 1.19 bits per heavy atom.